The molecule has 1 aromatic carbocycles. The molecular weight excluding hydrogens is 233 g/mol. The minimum atomic E-state index is -0.162. The summed E-state index contributed by atoms with van der Waals surface area (Å²) in [5.41, 5.74) is 1.50. The van der Waals surface area contributed by atoms with Crippen LogP contribution in [0.15, 0.2) is 30.3 Å². The van der Waals surface area contributed by atoms with Gasteiger partial charge in [0, 0.05) is 15.4 Å². The molecule has 0 radical (unpaired) electrons. The van der Waals surface area contributed by atoms with E-state index >= 15 is 0 Å². The fraction of sp³-hybridized carbons (Fsp3) is 0.286. The molecule has 0 aliphatic rings. The molecular formula is C14H16FNS. The number of thiophene rings is 1. The zero-order valence-corrected chi connectivity index (χ0v) is 11.1. The van der Waals surface area contributed by atoms with E-state index in [4.69, 9.17) is 0 Å². The van der Waals surface area contributed by atoms with Crippen molar-refractivity contribution in [3.63, 3.8) is 0 Å². The molecule has 0 saturated carbocycles. The predicted molar refractivity (Wildman–Crippen MR) is 72.2 cm³/mol. The summed E-state index contributed by atoms with van der Waals surface area (Å²) < 4.78 is 13.4. The number of anilines is 1. The second-order valence-electron chi connectivity index (χ2n) is 4.28. The molecule has 0 spiro atoms. The molecule has 0 saturated heterocycles. The minimum absolute atomic E-state index is 0.162. The third-order valence-corrected chi connectivity index (χ3v) is 3.93. The van der Waals surface area contributed by atoms with E-state index in [2.05, 4.69) is 31.3 Å². The van der Waals surface area contributed by atoms with Crippen LogP contribution in [-0.4, -0.2) is 0 Å². The largest absolute Gasteiger partial charge is 0.378 e. The first kappa shape index (κ1) is 12.1. The van der Waals surface area contributed by atoms with Gasteiger partial charge in [0.1, 0.15) is 5.82 Å². The lowest BCUT2D eigenvalue weighted by atomic mass is 10.2. The van der Waals surface area contributed by atoms with Gasteiger partial charge in [-0.3, -0.25) is 0 Å². The van der Waals surface area contributed by atoms with Crippen molar-refractivity contribution < 1.29 is 4.39 Å². The summed E-state index contributed by atoms with van der Waals surface area (Å²) in [6, 6.07) is 9.68. The van der Waals surface area contributed by atoms with Gasteiger partial charge in [-0.15, -0.1) is 11.3 Å². The van der Waals surface area contributed by atoms with Crippen LogP contribution < -0.4 is 5.32 Å². The molecule has 1 heterocycles. The van der Waals surface area contributed by atoms with E-state index < -0.39 is 0 Å². The Labute approximate surface area is 105 Å². The lowest BCUT2D eigenvalue weighted by Crippen LogP contribution is -2.05. The Kier molecular flexibility index (Phi) is 3.48. The number of hydrogen-bond donors (Lipinski definition) is 1. The standard InChI is InChI=1S/C14H16FNS/c1-9-4-6-12(8-13(9)15)16-11(3)14-7-5-10(2)17-14/h4-8,11,16H,1-3H3. The van der Waals surface area contributed by atoms with Crippen molar-refractivity contribution in [2.75, 3.05) is 5.32 Å². The van der Waals surface area contributed by atoms with Gasteiger partial charge in [0.25, 0.3) is 0 Å². The van der Waals surface area contributed by atoms with Crippen LogP contribution in [0.2, 0.25) is 0 Å². The molecule has 2 aromatic rings. The first-order valence-electron chi connectivity index (χ1n) is 5.65. The SMILES string of the molecule is Cc1ccc(C(C)Nc2ccc(C)c(F)c2)s1. The van der Waals surface area contributed by atoms with Crippen LogP contribution in [0.3, 0.4) is 0 Å². The molecule has 0 fully saturated rings. The topological polar surface area (TPSA) is 12.0 Å². The molecule has 3 heteroatoms. The van der Waals surface area contributed by atoms with Gasteiger partial charge in [-0.05, 0) is 50.6 Å². The van der Waals surface area contributed by atoms with Crippen LogP contribution in [0.5, 0.6) is 0 Å². The molecule has 0 bridgehead atoms. The third kappa shape index (κ3) is 2.86. The zero-order chi connectivity index (χ0) is 12.4. The number of hydrogen-bond acceptors (Lipinski definition) is 2. The Hall–Kier alpha value is -1.35. The van der Waals surface area contributed by atoms with Crippen LogP contribution in [0.25, 0.3) is 0 Å². The Bertz CT molecular complexity index is 519. The van der Waals surface area contributed by atoms with Crippen molar-refractivity contribution in [1.29, 1.82) is 0 Å². The monoisotopic (exact) mass is 249 g/mol. The Morgan fingerprint density at radius 1 is 1.18 bits per heavy atom. The lowest BCUT2D eigenvalue weighted by molar-refractivity contribution is 0.618. The van der Waals surface area contributed by atoms with Crippen LogP contribution in [0, 0.1) is 19.7 Å². The average Bonchev–Trinajstić information content (AvgIpc) is 2.70. The summed E-state index contributed by atoms with van der Waals surface area (Å²) >= 11 is 1.77. The van der Waals surface area contributed by atoms with Crippen molar-refractivity contribution in [3.8, 4) is 0 Å². The summed E-state index contributed by atoms with van der Waals surface area (Å²) in [6.45, 7) is 5.95. The molecule has 1 unspecified atom stereocenters. The summed E-state index contributed by atoms with van der Waals surface area (Å²) in [4.78, 5) is 2.56. The normalized spacial score (nSPS) is 12.5. The molecule has 2 rings (SSSR count). The molecule has 0 aliphatic heterocycles. The highest BCUT2D eigenvalue weighted by Crippen LogP contribution is 2.26. The molecule has 1 aromatic heterocycles. The van der Waals surface area contributed by atoms with Crippen molar-refractivity contribution >= 4 is 17.0 Å². The zero-order valence-electron chi connectivity index (χ0n) is 10.3. The maximum absolute atomic E-state index is 13.4. The van der Waals surface area contributed by atoms with E-state index in [1.807, 2.05) is 6.07 Å². The molecule has 0 aliphatic carbocycles. The summed E-state index contributed by atoms with van der Waals surface area (Å²) in [5, 5.41) is 3.31. The Balaban J connectivity index is 2.12. The predicted octanol–water partition coefficient (Wildman–Crippen LogP) is 4.68. The number of nitrogens with one attached hydrogen (secondary N) is 1. The molecule has 17 heavy (non-hydrogen) atoms. The van der Waals surface area contributed by atoms with Crippen molar-refractivity contribution in [2.24, 2.45) is 0 Å². The first-order valence-corrected chi connectivity index (χ1v) is 6.47. The Morgan fingerprint density at radius 2 is 1.94 bits per heavy atom. The fourth-order valence-corrected chi connectivity index (χ4v) is 2.57. The highest BCUT2D eigenvalue weighted by Gasteiger charge is 2.08. The van der Waals surface area contributed by atoms with Gasteiger partial charge >= 0.3 is 0 Å². The quantitative estimate of drug-likeness (QED) is 0.833. The van der Waals surface area contributed by atoms with Crippen molar-refractivity contribution in [3.05, 3.63) is 51.5 Å². The summed E-state index contributed by atoms with van der Waals surface area (Å²) in [7, 11) is 0. The van der Waals surface area contributed by atoms with E-state index in [0.717, 1.165) is 5.69 Å². The van der Waals surface area contributed by atoms with E-state index in [1.54, 1.807) is 30.4 Å². The smallest absolute Gasteiger partial charge is 0.128 e. The molecule has 1 atom stereocenters. The molecule has 1 nitrogen and oxygen atoms in total. The van der Waals surface area contributed by atoms with Crippen LogP contribution in [0.1, 0.15) is 28.3 Å². The van der Waals surface area contributed by atoms with E-state index in [0.29, 0.717) is 5.56 Å². The lowest BCUT2D eigenvalue weighted by Gasteiger charge is -2.14. The fourth-order valence-electron chi connectivity index (χ4n) is 1.69. The highest BCUT2D eigenvalue weighted by molar-refractivity contribution is 7.12. The number of rotatable bonds is 3. The maximum atomic E-state index is 13.4. The minimum Gasteiger partial charge on any atom is -0.378 e. The number of benzene rings is 1. The summed E-state index contributed by atoms with van der Waals surface area (Å²) in [6.07, 6.45) is 0. The van der Waals surface area contributed by atoms with Crippen molar-refractivity contribution in [1.82, 2.24) is 0 Å². The van der Waals surface area contributed by atoms with Gasteiger partial charge in [0.2, 0.25) is 0 Å². The van der Waals surface area contributed by atoms with Gasteiger partial charge in [-0.1, -0.05) is 6.07 Å². The van der Waals surface area contributed by atoms with Crippen LogP contribution in [-0.2, 0) is 0 Å². The van der Waals surface area contributed by atoms with Crippen LogP contribution >= 0.6 is 11.3 Å². The van der Waals surface area contributed by atoms with Gasteiger partial charge in [-0.25, -0.2) is 4.39 Å². The first-order chi connectivity index (χ1) is 8.06. The molecule has 1 N–H and O–H groups in total. The number of aryl methyl sites for hydroxylation is 2. The third-order valence-electron chi connectivity index (χ3n) is 2.74. The van der Waals surface area contributed by atoms with Gasteiger partial charge in [-0.2, -0.15) is 0 Å². The van der Waals surface area contributed by atoms with Crippen LogP contribution in [0.4, 0.5) is 10.1 Å². The van der Waals surface area contributed by atoms with E-state index in [-0.39, 0.29) is 11.9 Å². The van der Waals surface area contributed by atoms with Gasteiger partial charge in [0.15, 0.2) is 0 Å². The highest BCUT2D eigenvalue weighted by atomic mass is 32.1. The van der Waals surface area contributed by atoms with Gasteiger partial charge in [0.05, 0.1) is 6.04 Å². The number of halogens is 1. The van der Waals surface area contributed by atoms with Gasteiger partial charge < -0.3 is 5.32 Å². The second-order valence-corrected chi connectivity index (χ2v) is 5.60. The second kappa shape index (κ2) is 4.88. The average molecular weight is 249 g/mol. The molecule has 90 valence electrons. The van der Waals surface area contributed by atoms with Crippen molar-refractivity contribution in [2.45, 2.75) is 26.8 Å². The maximum Gasteiger partial charge on any atom is 0.128 e. The molecule has 0 amide bonds. The Morgan fingerprint density at radius 3 is 2.53 bits per heavy atom. The van der Waals surface area contributed by atoms with E-state index in [1.165, 1.54) is 9.75 Å². The summed E-state index contributed by atoms with van der Waals surface area (Å²) in [5.74, 6) is -0.162. The van der Waals surface area contributed by atoms with E-state index in [9.17, 15) is 4.39 Å².